The molecule has 1 aromatic carbocycles. The van der Waals surface area contributed by atoms with E-state index in [1.165, 1.54) is 0 Å². The molecular weight excluding hydrogens is 306 g/mol. The van der Waals surface area contributed by atoms with Crippen LogP contribution in [0, 0.1) is 11.8 Å². The quantitative estimate of drug-likeness (QED) is 0.814. The first-order valence-corrected chi connectivity index (χ1v) is 8.66. The molecule has 2 N–H and O–H groups in total. The number of hydrogen-bond acceptors (Lipinski definition) is 4. The fourth-order valence-corrected chi connectivity index (χ4v) is 3.53. The van der Waals surface area contributed by atoms with Crippen molar-refractivity contribution in [1.82, 2.24) is 14.9 Å². The Morgan fingerprint density at radius 2 is 2.17 bits per heavy atom. The average Bonchev–Trinajstić information content (AvgIpc) is 2.96. The maximum atomic E-state index is 11.6. The molecule has 0 radical (unpaired) electrons. The highest BCUT2D eigenvalue weighted by molar-refractivity contribution is 5.75. The van der Waals surface area contributed by atoms with Crippen molar-refractivity contribution in [1.29, 1.82) is 0 Å². The highest BCUT2D eigenvalue weighted by Gasteiger charge is 2.29. The lowest BCUT2D eigenvalue weighted by Gasteiger charge is -2.27. The summed E-state index contributed by atoms with van der Waals surface area (Å²) in [6.07, 6.45) is 1.65. The highest BCUT2D eigenvalue weighted by Crippen LogP contribution is 2.24. The Bertz CT molecular complexity index is 692. The van der Waals surface area contributed by atoms with Gasteiger partial charge in [-0.1, -0.05) is 12.1 Å². The molecule has 0 saturated carbocycles. The van der Waals surface area contributed by atoms with Gasteiger partial charge in [0.25, 0.3) is 0 Å². The molecule has 1 fully saturated rings. The first kappa shape index (κ1) is 16.9. The summed E-state index contributed by atoms with van der Waals surface area (Å²) in [7, 11) is 0. The van der Waals surface area contributed by atoms with Crippen LogP contribution in [0.15, 0.2) is 24.3 Å². The van der Waals surface area contributed by atoms with Crippen molar-refractivity contribution in [3.63, 3.8) is 0 Å². The zero-order chi connectivity index (χ0) is 16.9. The molecule has 6 heteroatoms. The van der Waals surface area contributed by atoms with Crippen molar-refractivity contribution in [3.8, 4) is 0 Å². The van der Waals surface area contributed by atoms with Gasteiger partial charge in [0, 0.05) is 26.3 Å². The maximum Gasteiger partial charge on any atom is 0.308 e. The van der Waals surface area contributed by atoms with Crippen molar-refractivity contribution in [2.75, 3.05) is 19.8 Å². The van der Waals surface area contributed by atoms with E-state index in [0.717, 1.165) is 36.2 Å². The van der Waals surface area contributed by atoms with Crippen LogP contribution in [0.1, 0.15) is 25.6 Å². The SMILES string of the molecule is CCn1c(CNCC(C(=O)O)C2CCOCC2)nc2ccccc21. The fraction of sp³-hybridized carbons (Fsp3) is 0.556. The van der Waals surface area contributed by atoms with Crippen LogP contribution in [0.2, 0.25) is 0 Å². The third-order valence-corrected chi connectivity index (χ3v) is 4.85. The number of nitrogens with one attached hydrogen (secondary N) is 1. The Kier molecular flexibility index (Phi) is 5.48. The number of benzene rings is 1. The number of ether oxygens (including phenoxy) is 1. The molecule has 0 aliphatic carbocycles. The molecule has 1 saturated heterocycles. The normalized spacial score (nSPS) is 17.2. The zero-order valence-electron chi connectivity index (χ0n) is 14.1. The van der Waals surface area contributed by atoms with E-state index in [0.29, 0.717) is 26.3 Å². The molecule has 1 aliphatic rings. The predicted octanol–water partition coefficient (Wildman–Crippen LogP) is 2.27. The third-order valence-electron chi connectivity index (χ3n) is 4.85. The molecule has 24 heavy (non-hydrogen) atoms. The Hall–Kier alpha value is -1.92. The number of imidazole rings is 1. The summed E-state index contributed by atoms with van der Waals surface area (Å²) < 4.78 is 7.51. The van der Waals surface area contributed by atoms with Gasteiger partial charge in [0.1, 0.15) is 5.82 Å². The number of aromatic nitrogens is 2. The van der Waals surface area contributed by atoms with E-state index in [4.69, 9.17) is 4.74 Å². The van der Waals surface area contributed by atoms with Crippen LogP contribution in [0.4, 0.5) is 0 Å². The van der Waals surface area contributed by atoms with Crippen molar-refractivity contribution >= 4 is 17.0 Å². The molecule has 1 aliphatic heterocycles. The number of fused-ring (bicyclic) bond motifs is 1. The van der Waals surface area contributed by atoms with Crippen molar-refractivity contribution in [2.45, 2.75) is 32.9 Å². The molecule has 6 nitrogen and oxygen atoms in total. The maximum absolute atomic E-state index is 11.6. The number of carboxylic acids is 1. The smallest absolute Gasteiger partial charge is 0.308 e. The van der Waals surface area contributed by atoms with E-state index < -0.39 is 5.97 Å². The van der Waals surface area contributed by atoms with E-state index in [1.807, 2.05) is 18.2 Å². The van der Waals surface area contributed by atoms with Gasteiger partial charge < -0.3 is 19.7 Å². The lowest BCUT2D eigenvalue weighted by molar-refractivity contribution is -0.144. The molecule has 2 aromatic rings. The van der Waals surface area contributed by atoms with Crippen LogP contribution in [0.5, 0.6) is 0 Å². The molecular formula is C18H25N3O3. The Morgan fingerprint density at radius 1 is 1.42 bits per heavy atom. The zero-order valence-corrected chi connectivity index (χ0v) is 14.1. The van der Waals surface area contributed by atoms with E-state index in [9.17, 15) is 9.90 Å². The number of carboxylic acid groups (broad SMARTS) is 1. The minimum atomic E-state index is -0.724. The van der Waals surface area contributed by atoms with Gasteiger partial charge in [-0.2, -0.15) is 0 Å². The number of para-hydroxylation sites is 2. The van der Waals surface area contributed by atoms with E-state index in [2.05, 4.69) is 27.9 Å². The van der Waals surface area contributed by atoms with Gasteiger partial charge in [0.05, 0.1) is 23.5 Å². The average molecular weight is 331 g/mol. The second-order valence-corrected chi connectivity index (χ2v) is 6.29. The van der Waals surface area contributed by atoms with Gasteiger partial charge in [-0.15, -0.1) is 0 Å². The van der Waals surface area contributed by atoms with Crippen LogP contribution in [0.3, 0.4) is 0 Å². The lowest BCUT2D eigenvalue weighted by Crippen LogP contribution is -2.36. The molecule has 0 spiro atoms. The van der Waals surface area contributed by atoms with Gasteiger partial charge in [-0.25, -0.2) is 4.98 Å². The number of aryl methyl sites for hydroxylation is 1. The largest absolute Gasteiger partial charge is 0.481 e. The van der Waals surface area contributed by atoms with Gasteiger partial charge in [0.15, 0.2) is 0 Å². The van der Waals surface area contributed by atoms with Gasteiger partial charge in [0.2, 0.25) is 0 Å². The minimum Gasteiger partial charge on any atom is -0.481 e. The van der Waals surface area contributed by atoms with Crippen molar-refractivity contribution in [3.05, 3.63) is 30.1 Å². The Balaban J connectivity index is 1.65. The molecule has 1 unspecified atom stereocenters. The number of rotatable bonds is 7. The van der Waals surface area contributed by atoms with Crippen LogP contribution in [-0.2, 0) is 22.6 Å². The van der Waals surface area contributed by atoms with E-state index in [-0.39, 0.29) is 11.8 Å². The number of carbonyl (C=O) groups is 1. The summed E-state index contributed by atoms with van der Waals surface area (Å²) in [6.45, 7) is 5.32. The molecule has 2 heterocycles. The molecule has 1 atom stereocenters. The van der Waals surface area contributed by atoms with Crippen LogP contribution in [0.25, 0.3) is 11.0 Å². The van der Waals surface area contributed by atoms with E-state index >= 15 is 0 Å². The van der Waals surface area contributed by atoms with Gasteiger partial charge >= 0.3 is 5.97 Å². The predicted molar refractivity (Wildman–Crippen MR) is 91.8 cm³/mol. The lowest BCUT2D eigenvalue weighted by atomic mass is 9.86. The third kappa shape index (κ3) is 3.60. The van der Waals surface area contributed by atoms with Crippen molar-refractivity contribution in [2.24, 2.45) is 11.8 Å². The minimum absolute atomic E-state index is 0.189. The Labute approximate surface area is 141 Å². The number of aliphatic carboxylic acids is 1. The van der Waals surface area contributed by atoms with Crippen molar-refractivity contribution < 1.29 is 14.6 Å². The summed E-state index contributed by atoms with van der Waals surface area (Å²) in [6, 6.07) is 8.07. The second-order valence-electron chi connectivity index (χ2n) is 6.29. The topological polar surface area (TPSA) is 76.4 Å². The van der Waals surface area contributed by atoms with Crippen LogP contribution >= 0.6 is 0 Å². The van der Waals surface area contributed by atoms with Gasteiger partial charge in [-0.3, -0.25) is 4.79 Å². The summed E-state index contributed by atoms with van der Waals surface area (Å²) in [5.41, 5.74) is 2.10. The summed E-state index contributed by atoms with van der Waals surface area (Å²) in [5.74, 6) is 0.0512. The highest BCUT2D eigenvalue weighted by atomic mass is 16.5. The van der Waals surface area contributed by atoms with Crippen LogP contribution < -0.4 is 5.32 Å². The summed E-state index contributed by atoms with van der Waals surface area (Å²) in [4.78, 5) is 16.3. The summed E-state index contributed by atoms with van der Waals surface area (Å²) >= 11 is 0. The van der Waals surface area contributed by atoms with Gasteiger partial charge in [-0.05, 0) is 37.8 Å². The monoisotopic (exact) mass is 331 g/mol. The molecule has 0 amide bonds. The first-order valence-electron chi connectivity index (χ1n) is 8.66. The number of nitrogens with zero attached hydrogens (tertiary/aromatic N) is 2. The molecule has 130 valence electrons. The summed E-state index contributed by atoms with van der Waals surface area (Å²) in [5, 5.41) is 12.8. The standard InChI is InChI=1S/C18H25N3O3/c1-2-21-16-6-4-3-5-15(16)20-17(21)12-19-11-14(18(22)23)13-7-9-24-10-8-13/h3-6,13-14,19H,2,7-12H2,1H3,(H,22,23). The fourth-order valence-electron chi connectivity index (χ4n) is 3.53. The van der Waals surface area contributed by atoms with E-state index in [1.54, 1.807) is 0 Å². The molecule has 1 aromatic heterocycles. The Morgan fingerprint density at radius 3 is 2.88 bits per heavy atom. The first-order chi connectivity index (χ1) is 11.7. The number of hydrogen-bond donors (Lipinski definition) is 2. The second kappa shape index (κ2) is 7.77. The molecule has 0 bridgehead atoms. The van der Waals surface area contributed by atoms with Crippen LogP contribution in [-0.4, -0.2) is 40.4 Å². The molecule has 3 rings (SSSR count).